The third-order valence-corrected chi connectivity index (χ3v) is 5.52. The van der Waals surface area contributed by atoms with E-state index in [1.54, 1.807) is 22.8 Å². The number of benzene rings is 2. The zero-order valence-corrected chi connectivity index (χ0v) is 16.7. The summed E-state index contributed by atoms with van der Waals surface area (Å²) in [6, 6.07) is 13.4. The van der Waals surface area contributed by atoms with Crippen molar-refractivity contribution >= 4 is 42.5 Å². The Morgan fingerprint density at radius 1 is 1.12 bits per heavy atom. The molecule has 1 N–H and O–H groups in total. The molecule has 8 heteroatoms. The number of para-hydroxylation sites is 1. The van der Waals surface area contributed by atoms with E-state index < -0.39 is 10.0 Å². The average Bonchev–Trinajstić information content (AvgIpc) is 2.85. The lowest BCUT2D eigenvalue weighted by Crippen LogP contribution is -2.03. The molecule has 1 heterocycles. The van der Waals surface area contributed by atoms with Crippen LogP contribution < -0.4 is 0 Å². The molecule has 3 rings (SSSR count). The molecule has 0 saturated heterocycles. The summed E-state index contributed by atoms with van der Waals surface area (Å²) < 4.78 is 30.8. The van der Waals surface area contributed by atoms with E-state index in [1.807, 2.05) is 32.0 Å². The van der Waals surface area contributed by atoms with Gasteiger partial charge in [-0.2, -0.15) is 8.42 Å². The average molecular weight is 436 g/mol. The van der Waals surface area contributed by atoms with Crippen LogP contribution in [0.15, 0.2) is 67.5 Å². The topological polar surface area (TPSA) is 84.0 Å². The van der Waals surface area contributed by atoms with E-state index in [0.717, 1.165) is 9.99 Å². The highest BCUT2D eigenvalue weighted by molar-refractivity contribution is 9.10. The highest BCUT2D eigenvalue weighted by Crippen LogP contribution is 2.39. The van der Waals surface area contributed by atoms with E-state index in [-0.39, 0.29) is 16.5 Å². The largest absolute Gasteiger partial charge is 0.493 e. The Labute approximate surface area is 160 Å². The summed E-state index contributed by atoms with van der Waals surface area (Å²) in [6.45, 7) is 4.65. The first-order valence-electron chi connectivity index (χ1n) is 8.03. The minimum absolute atomic E-state index is 0.0369. The predicted molar refractivity (Wildman–Crippen MR) is 104 cm³/mol. The van der Waals surface area contributed by atoms with Gasteiger partial charge in [0.05, 0.1) is 10.4 Å². The van der Waals surface area contributed by atoms with Crippen LogP contribution in [0.5, 0.6) is 5.88 Å². The van der Waals surface area contributed by atoms with Crippen LogP contribution in [0.2, 0.25) is 0 Å². The van der Waals surface area contributed by atoms with Crippen LogP contribution in [-0.2, 0) is 16.6 Å². The molecule has 26 heavy (non-hydrogen) atoms. The summed E-state index contributed by atoms with van der Waals surface area (Å²) in [5.41, 5.74) is 0.940. The van der Waals surface area contributed by atoms with Crippen molar-refractivity contribution in [1.82, 2.24) is 4.57 Å². The maximum Gasteiger partial charge on any atom is 0.299 e. The number of aromatic nitrogens is 1. The zero-order valence-electron chi connectivity index (χ0n) is 14.3. The monoisotopic (exact) mass is 435 g/mol. The number of hydrogen-bond donors (Lipinski definition) is 1. The van der Waals surface area contributed by atoms with Crippen LogP contribution >= 0.6 is 15.9 Å². The van der Waals surface area contributed by atoms with Gasteiger partial charge in [-0.3, -0.25) is 0 Å². The van der Waals surface area contributed by atoms with Gasteiger partial charge in [-0.25, -0.2) is 0 Å². The normalized spacial score (nSPS) is 12.5. The molecule has 0 aliphatic rings. The lowest BCUT2D eigenvalue weighted by atomic mass is 10.2. The van der Waals surface area contributed by atoms with E-state index in [9.17, 15) is 13.5 Å². The quantitative estimate of drug-likeness (QED) is 0.556. The molecule has 3 aromatic rings. The molecule has 6 nitrogen and oxygen atoms in total. The van der Waals surface area contributed by atoms with Crippen molar-refractivity contribution in [2.75, 3.05) is 0 Å². The Morgan fingerprint density at radius 2 is 1.77 bits per heavy atom. The molecule has 0 amide bonds. The summed E-state index contributed by atoms with van der Waals surface area (Å²) in [4.78, 5) is 0.0369. The first kappa shape index (κ1) is 18.6. The Morgan fingerprint density at radius 3 is 2.42 bits per heavy atom. The molecule has 0 saturated carbocycles. The van der Waals surface area contributed by atoms with Crippen LogP contribution in [0.4, 0.5) is 5.69 Å². The van der Waals surface area contributed by atoms with Crippen LogP contribution in [0.25, 0.3) is 10.9 Å². The van der Waals surface area contributed by atoms with Gasteiger partial charge in [0.1, 0.15) is 0 Å². The third-order valence-electron chi connectivity index (χ3n) is 3.82. The molecule has 1 aromatic heterocycles. The molecule has 136 valence electrons. The summed E-state index contributed by atoms with van der Waals surface area (Å²) in [7, 11) is -3.96. The summed E-state index contributed by atoms with van der Waals surface area (Å²) in [6.07, 6.45) is 0. The fraction of sp³-hybridized carbons (Fsp3) is 0.222. The van der Waals surface area contributed by atoms with Crippen LogP contribution in [-0.4, -0.2) is 18.1 Å². The Hall–Kier alpha value is -2.19. The molecule has 0 spiro atoms. The SMILES string of the molecule is CC(C)Cn1c(O)c(N=NS(=O)(=O)c2ccc(Br)cc2)c2ccccc21. The molecular formula is C18H18BrN3O3S. The molecule has 0 radical (unpaired) electrons. The molecule has 0 aliphatic carbocycles. The molecule has 0 aliphatic heterocycles. The first-order chi connectivity index (χ1) is 12.3. The van der Waals surface area contributed by atoms with E-state index in [4.69, 9.17) is 0 Å². The van der Waals surface area contributed by atoms with Crippen LogP contribution in [0.1, 0.15) is 13.8 Å². The number of sulfonamides is 1. The van der Waals surface area contributed by atoms with E-state index in [2.05, 4.69) is 25.6 Å². The number of hydrogen-bond acceptors (Lipinski definition) is 4. The maximum absolute atomic E-state index is 12.4. The van der Waals surface area contributed by atoms with Gasteiger partial charge < -0.3 is 9.67 Å². The van der Waals surface area contributed by atoms with Crippen LogP contribution in [0, 0.1) is 5.92 Å². The van der Waals surface area contributed by atoms with Crippen molar-refractivity contribution in [2.24, 2.45) is 15.6 Å². The molecular weight excluding hydrogens is 418 g/mol. The van der Waals surface area contributed by atoms with Crippen molar-refractivity contribution in [3.8, 4) is 5.88 Å². The molecule has 2 aromatic carbocycles. The van der Waals surface area contributed by atoms with E-state index in [1.165, 1.54) is 12.1 Å². The standard InChI is InChI=1S/C18H18BrN3O3S/c1-12(2)11-22-16-6-4-3-5-15(16)17(18(22)23)20-21-26(24,25)14-9-7-13(19)8-10-14/h3-10,12,23H,11H2,1-2H3. The molecule has 0 atom stereocenters. The van der Waals surface area contributed by atoms with Gasteiger partial charge in [0.2, 0.25) is 5.88 Å². The van der Waals surface area contributed by atoms with E-state index >= 15 is 0 Å². The second-order valence-electron chi connectivity index (χ2n) is 6.30. The smallest absolute Gasteiger partial charge is 0.299 e. The molecule has 0 unspecified atom stereocenters. The minimum Gasteiger partial charge on any atom is -0.493 e. The number of rotatable bonds is 5. The van der Waals surface area contributed by atoms with Gasteiger partial charge in [-0.1, -0.05) is 52.5 Å². The molecule has 0 fully saturated rings. The summed E-state index contributed by atoms with van der Waals surface area (Å²) in [5, 5.41) is 15.1. The van der Waals surface area contributed by atoms with Gasteiger partial charge in [0.15, 0.2) is 5.69 Å². The Kier molecular flexibility index (Phi) is 5.15. The van der Waals surface area contributed by atoms with E-state index in [0.29, 0.717) is 17.8 Å². The van der Waals surface area contributed by atoms with Gasteiger partial charge in [-0.05, 0) is 36.2 Å². The lowest BCUT2D eigenvalue weighted by molar-refractivity contribution is 0.401. The Bertz CT molecular complexity index is 1070. The molecule has 0 bridgehead atoms. The number of nitrogens with zero attached hydrogens (tertiary/aromatic N) is 3. The first-order valence-corrected chi connectivity index (χ1v) is 10.3. The Balaban J connectivity index is 2.07. The van der Waals surface area contributed by atoms with Gasteiger partial charge >= 0.3 is 0 Å². The second-order valence-corrected chi connectivity index (χ2v) is 8.80. The fourth-order valence-electron chi connectivity index (χ4n) is 2.67. The van der Waals surface area contributed by atoms with Crippen molar-refractivity contribution in [2.45, 2.75) is 25.3 Å². The van der Waals surface area contributed by atoms with Gasteiger partial charge in [0, 0.05) is 16.4 Å². The van der Waals surface area contributed by atoms with Crippen molar-refractivity contribution in [1.29, 1.82) is 0 Å². The minimum atomic E-state index is -3.96. The van der Waals surface area contributed by atoms with Gasteiger partial charge in [-0.15, -0.1) is 5.11 Å². The summed E-state index contributed by atoms with van der Waals surface area (Å²) >= 11 is 3.26. The predicted octanol–water partition coefficient (Wildman–Crippen LogP) is 5.24. The number of halogens is 1. The number of aromatic hydroxyl groups is 1. The fourth-order valence-corrected chi connectivity index (χ4v) is 3.70. The third kappa shape index (κ3) is 3.66. The van der Waals surface area contributed by atoms with Crippen LogP contribution in [0.3, 0.4) is 0 Å². The van der Waals surface area contributed by atoms with Gasteiger partial charge in [0.25, 0.3) is 10.0 Å². The van der Waals surface area contributed by atoms with Crippen molar-refractivity contribution < 1.29 is 13.5 Å². The maximum atomic E-state index is 12.4. The highest BCUT2D eigenvalue weighted by Gasteiger charge is 2.19. The highest BCUT2D eigenvalue weighted by atomic mass is 79.9. The second kappa shape index (κ2) is 7.20. The zero-order chi connectivity index (χ0) is 18.9. The van der Waals surface area contributed by atoms with Crippen molar-refractivity contribution in [3.63, 3.8) is 0 Å². The summed E-state index contributed by atoms with van der Waals surface area (Å²) in [5.74, 6) is 0.211. The van der Waals surface area contributed by atoms with Crippen molar-refractivity contribution in [3.05, 3.63) is 53.0 Å². The number of fused-ring (bicyclic) bond motifs is 1. The lowest BCUT2D eigenvalue weighted by Gasteiger charge is -2.09.